The molecule has 0 aliphatic carbocycles. The molecule has 0 unspecified atom stereocenters. The second kappa shape index (κ2) is 19.3. The van der Waals surface area contributed by atoms with Gasteiger partial charge in [-0.05, 0) is 109 Å². The van der Waals surface area contributed by atoms with Gasteiger partial charge in [0.05, 0.1) is 15.9 Å². The maximum Gasteiger partial charge on any atom is 0.410 e. The number of halogens is 1. The third kappa shape index (κ3) is 16.5. The second-order valence-electron chi connectivity index (χ2n) is 14.4. The van der Waals surface area contributed by atoms with Crippen LogP contribution in [0.4, 0.5) is 9.59 Å². The summed E-state index contributed by atoms with van der Waals surface area (Å²) in [4.78, 5) is 39.6. The van der Waals surface area contributed by atoms with Gasteiger partial charge in [-0.15, -0.1) is 11.8 Å². The van der Waals surface area contributed by atoms with Crippen molar-refractivity contribution < 1.29 is 23.9 Å². The number of hydrogen-bond acceptors (Lipinski definition) is 9. The predicted octanol–water partition coefficient (Wildman–Crippen LogP) is 7.87. The molecule has 0 atom stereocenters. The van der Waals surface area contributed by atoms with E-state index in [1.165, 1.54) is 16.7 Å². The lowest BCUT2D eigenvalue weighted by molar-refractivity contribution is -0.109. The summed E-state index contributed by atoms with van der Waals surface area (Å²) in [5, 5.41) is 8.62. The van der Waals surface area contributed by atoms with Crippen molar-refractivity contribution in [2.24, 2.45) is 25.9 Å². The molecule has 0 radical (unpaired) electrons. The summed E-state index contributed by atoms with van der Waals surface area (Å²) in [5.41, 5.74) is 1.28. The first-order valence-electron chi connectivity index (χ1n) is 16.6. The number of rotatable bonds is 5. The van der Waals surface area contributed by atoms with Crippen molar-refractivity contribution in [3.63, 3.8) is 0 Å². The average Bonchev–Trinajstić information content (AvgIpc) is 3.46. The van der Waals surface area contributed by atoms with Gasteiger partial charge in [-0.1, -0.05) is 11.8 Å². The Bertz CT molecular complexity index is 1300. The van der Waals surface area contributed by atoms with Crippen molar-refractivity contribution in [3.05, 3.63) is 28.3 Å². The molecule has 2 aliphatic heterocycles. The highest BCUT2D eigenvalue weighted by atomic mass is 79.9. The van der Waals surface area contributed by atoms with E-state index in [9.17, 15) is 14.4 Å². The van der Waals surface area contributed by atoms with Crippen molar-refractivity contribution in [2.45, 2.75) is 104 Å². The monoisotopic (exact) mass is 772 g/mol. The maximum atomic E-state index is 12.0. The summed E-state index contributed by atoms with van der Waals surface area (Å²) in [6.07, 6.45) is 7.61. The molecule has 14 heteroatoms. The van der Waals surface area contributed by atoms with E-state index < -0.39 is 11.2 Å². The minimum Gasteiger partial charge on any atom is -0.444 e. The molecule has 0 aromatic carbocycles. The lowest BCUT2D eigenvalue weighted by Gasteiger charge is -2.33. The first-order valence-corrected chi connectivity index (χ1v) is 19.4. The van der Waals surface area contributed by atoms with E-state index >= 15 is 0 Å². The third-order valence-electron chi connectivity index (χ3n) is 7.45. The standard InChI is InChI=1S/C16H27N3O2S.C13H23NO3S.C5H7BrN2/c1-12-14(10-18(5)17-12)22-11-13-6-8-19(9-7-13)15(20)21-16(2,3)4;1-10(15)18-9-11-5-7-14(8-6-11)12(16)17-13(2,3)4;1-4-5(6)3-8(2)7-4/h10,13H,6-9,11H2,1-5H3;11H,5-9H2,1-4H3;3H,1-2H3. The van der Waals surface area contributed by atoms with Crippen LogP contribution in [0.15, 0.2) is 21.8 Å². The molecule has 0 saturated carbocycles. The zero-order valence-corrected chi connectivity index (χ0v) is 34.0. The number of likely N-dealkylation sites (tertiary alicyclic amines) is 2. The van der Waals surface area contributed by atoms with Crippen molar-refractivity contribution in [1.82, 2.24) is 29.4 Å². The molecular formula is C34H57BrN6O5S2. The van der Waals surface area contributed by atoms with E-state index in [2.05, 4.69) is 32.3 Å². The molecule has 2 fully saturated rings. The Hall–Kier alpha value is -2.19. The predicted molar refractivity (Wildman–Crippen MR) is 199 cm³/mol. The molecule has 2 amide bonds. The van der Waals surface area contributed by atoms with Crippen LogP contribution in [0.5, 0.6) is 0 Å². The highest BCUT2D eigenvalue weighted by molar-refractivity contribution is 9.10. The van der Waals surface area contributed by atoms with Crippen molar-refractivity contribution >= 4 is 56.8 Å². The molecule has 2 aromatic heterocycles. The molecule has 0 bridgehead atoms. The number of aryl methyl sites for hydroxylation is 4. The van der Waals surface area contributed by atoms with Gasteiger partial charge in [0.1, 0.15) is 11.2 Å². The highest BCUT2D eigenvalue weighted by Gasteiger charge is 2.28. The Kier molecular flexibility index (Phi) is 16.9. The van der Waals surface area contributed by atoms with Gasteiger partial charge in [0.25, 0.3) is 0 Å². The molecule has 2 saturated heterocycles. The molecule has 2 aromatic rings. The largest absolute Gasteiger partial charge is 0.444 e. The van der Waals surface area contributed by atoms with Crippen LogP contribution < -0.4 is 0 Å². The number of amides is 2. The van der Waals surface area contributed by atoms with E-state index in [4.69, 9.17) is 9.47 Å². The second-order valence-corrected chi connectivity index (χ2v) is 17.5. The van der Waals surface area contributed by atoms with Gasteiger partial charge >= 0.3 is 12.2 Å². The van der Waals surface area contributed by atoms with Crippen LogP contribution in [0.1, 0.15) is 85.5 Å². The van der Waals surface area contributed by atoms with Crippen LogP contribution in [0.2, 0.25) is 0 Å². The van der Waals surface area contributed by atoms with Crippen LogP contribution in [-0.2, 0) is 28.4 Å². The van der Waals surface area contributed by atoms with E-state index in [0.29, 0.717) is 11.8 Å². The summed E-state index contributed by atoms with van der Waals surface area (Å²) < 4.78 is 15.5. The molecule has 0 spiro atoms. The number of nitrogens with zero attached hydrogens (tertiary/aromatic N) is 6. The fourth-order valence-electron chi connectivity index (χ4n) is 4.95. The molecule has 2 aliphatic rings. The lowest BCUT2D eigenvalue weighted by Crippen LogP contribution is -2.42. The molecule has 11 nitrogen and oxygen atoms in total. The summed E-state index contributed by atoms with van der Waals surface area (Å²) in [5.74, 6) is 3.16. The molecule has 4 rings (SSSR count). The summed E-state index contributed by atoms with van der Waals surface area (Å²) in [6.45, 7) is 20.0. The number of thioether (sulfide) groups is 2. The SMILES string of the molecule is CC(=O)SCC1CCN(C(=O)OC(C)(C)C)CC1.Cc1nn(C)cc1Br.Cc1nn(C)cc1SCC1CCN(C(=O)OC(C)(C)C)CC1. The fraction of sp³-hybridized carbons (Fsp3) is 0.735. The van der Waals surface area contributed by atoms with E-state index in [-0.39, 0.29) is 17.3 Å². The van der Waals surface area contributed by atoms with Gasteiger partial charge in [-0.2, -0.15) is 10.2 Å². The van der Waals surface area contributed by atoms with Gasteiger partial charge in [0.15, 0.2) is 5.12 Å². The van der Waals surface area contributed by atoms with Crippen LogP contribution in [0.3, 0.4) is 0 Å². The first-order chi connectivity index (χ1) is 22.2. The van der Waals surface area contributed by atoms with Gasteiger partial charge in [0.2, 0.25) is 0 Å². The van der Waals surface area contributed by atoms with Gasteiger partial charge in [-0.3, -0.25) is 14.2 Å². The van der Waals surface area contributed by atoms with Crippen LogP contribution in [0.25, 0.3) is 0 Å². The number of piperidine rings is 2. The molecule has 272 valence electrons. The Morgan fingerprint density at radius 2 is 1.19 bits per heavy atom. The zero-order valence-electron chi connectivity index (χ0n) is 30.8. The third-order valence-corrected chi connectivity index (χ3v) is 10.6. The minimum atomic E-state index is -0.432. The van der Waals surface area contributed by atoms with Crippen LogP contribution in [-0.4, -0.2) is 95.5 Å². The summed E-state index contributed by atoms with van der Waals surface area (Å²) in [7, 11) is 3.86. The van der Waals surface area contributed by atoms with Gasteiger partial charge < -0.3 is 19.3 Å². The topological polar surface area (TPSA) is 112 Å². The maximum absolute atomic E-state index is 12.0. The van der Waals surface area contributed by atoms with Crippen molar-refractivity contribution in [1.29, 1.82) is 0 Å². The number of hydrogen-bond donors (Lipinski definition) is 0. The van der Waals surface area contributed by atoms with Crippen molar-refractivity contribution in [2.75, 3.05) is 37.7 Å². The molecule has 48 heavy (non-hydrogen) atoms. The van der Waals surface area contributed by atoms with E-state index in [1.807, 2.05) is 97.0 Å². The Labute approximate surface area is 304 Å². The van der Waals surface area contributed by atoms with Crippen molar-refractivity contribution in [3.8, 4) is 0 Å². The highest BCUT2D eigenvalue weighted by Crippen LogP contribution is 2.29. The Morgan fingerprint density at radius 3 is 1.50 bits per heavy atom. The Balaban J connectivity index is 0.000000275. The zero-order chi connectivity index (χ0) is 36.2. The van der Waals surface area contributed by atoms with E-state index in [0.717, 1.165) is 79.2 Å². The normalized spacial score (nSPS) is 16.0. The average molecular weight is 774 g/mol. The van der Waals surface area contributed by atoms with Crippen LogP contribution >= 0.6 is 39.5 Å². The lowest BCUT2D eigenvalue weighted by atomic mass is 9.99. The number of carbonyl (C=O) groups is 3. The number of carbonyl (C=O) groups excluding carboxylic acids is 3. The quantitative estimate of drug-likeness (QED) is 0.280. The van der Waals surface area contributed by atoms with Crippen LogP contribution in [0, 0.1) is 25.7 Å². The first kappa shape index (κ1) is 42.0. The summed E-state index contributed by atoms with van der Waals surface area (Å²) >= 11 is 6.59. The minimum absolute atomic E-state index is 0.171. The number of ether oxygens (including phenoxy) is 2. The number of aromatic nitrogens is 4. The van der Waals surface area contributed by atoms with Gasteiger partial charge in [-0.25, -0.2) is 9.59 Å². The summed E-state index contributed by atoms with van der Waals surface area (Å²) in [6, 6.07) is 0. The fourth-order valence-corrected chi connectivity index (χ4v) is 7.36. The molecule has 4 heterocycles. The Morgan fingerprint density at radius 1 is 0.771 bits per heavy atom. The molecule has 0 N–H and O–H groups in total. The van der Waals surface area contributed by atoms with E-state index in [1.54, 1.807) is 16.5 Å². The molecular weight excluding hydrogens is 716 g/mol. The van der Waals surface area contributed by atoms with Gasteiger partial charge in [0, 0.05) is 76.0 Å². The smallest absolute Gasteiger partial charge is 0.410 e.